The number of nitrogens with one attached hydrogen (secondary N) is 1. The van der Waals surface area contributed by atoms with Crippen molar-refractivity contribution in [3.8, 4) is 10.4 Å². The fourth-order valence-electron chi connectivity index (χ4n) is 3.64. The monoisotopic (exact) mass is 312 g/mol. The van der Waals surface area contributed by atoms with Crippen LogP contribution in [-0.4, -0.2) is 36.5 Å². The topological polar surface area (TPSA) is 32.3 Å². The predicted molar refractivity (Wildman–Crippen MR) is 90.2 cm³/mol. The number of amides is 1. The summed E-state index contributed by atoms with van der Waals surface area (Å²) in [5, 5.41) is 5.33. The number of nitrogens with zero attached hydrogens (tertiary/aromatic N) is 1. The minimum Gasteiger partial charge on any atom is -0.348 e. The first kappa shape index (κ1) is 14.0. The fraction of sp³-hybridized carbons (Fsp3) is 0.389. The van der Waals surface area contributed by atoms with E-state index in [9.17, 15) is 4.79 Å². The lowest BCUT2D eigenvalue weighted by Crippen LogP contribution is -2.57. The Hall–Kier alpha value is -1.65. The molecule has 22 heavy (non-hydrogen) atoms. The van der Waals surface area contributed by atoms with Gasteiger partial charge in [0.05, 0.1) is 0 Å². The summed E-state index contributed by atoms with van der Waals surface area (Å²) in [6, 6.07) is 12.4. The maximum atomic E-state index is 12.6. The highest BCUT2D eigenvalue weighted by Crippen LogP contribution is 2.28. The Labute approximate surface area is 135 Å². The molecule has 4 heteroatoms. The third-order valence-corrected chi connectivity index (χ3v) is 5.82. The molecule has 4 heterocycles. The molecule has 0 saturated carbocycles. The zero-order valence-electron chi connectivity index (χ0n) is 12.5. The normalized spacial score (nSPS) is 26.8. The molecule has 1 atom stereocenters. The molecule has 3 nitrogen and oxygen atoms in total. The number of piperidine rings is 3. The van der Waals surface area contributed by atoms with Gasteiger partial charge in [-0.2, -0.15) is 0 Å². The zero-order chi connectivity index (χ0) is 14.9. The number of hydrogen-bond donors (Lipinski definition) is 1. The van der Waals surface area contributed by atoms with Gasteiger partial charge in [0.25, 0.3) is 5.91 Å². The number of benzene rings is 1. The summed E-state index contributed by atoms with van der Waals surface area (Å²) < 4.78 is 0. The van der Waals surface area contributed by atoms with E-state index in [0.717, 1.165) is 17.7 Å². The molecule has 0 aliphatic carbocycles. The van der Waals surface area contributed by atoms with Crippen LogP contribution in [0.1, 0.15) is 23.2 Å². The lowest BCUT2D eigenvalue weighted by molar-refractivity contribution is 0.0620. The third kappa shape index (κ3) is 2.69. The number of rotatable bonds is 3. The summed E-state index contributed by atoms with van der Waals surface area (Å²) >= 11 is 1.70. The first-order valence-electron chi connectivity index (χ1n) is 7.97. The van der Waals surface area contributed by atoms with Crippen molar-refractivity contribution < 1.29 is 4.79 Å². The van der Waals surface area contributed by atoms with E-state index in [0.29, 0.717) is 12.0 Å². The van der Waals surface area contributed by atoms with Gasteiger partial charge in [-0.1, -0.05) is 18.2 Å². The summed E-state index contributed by atoms with van der Waals surface area (Å²) in [4.78, 5) is 16.3. The standard InChI is InChI=1S/C18H20N2OS/c21-18(19-16-12-20-8-6-13(16)7-9-20)15-4-1-3-14(11-15)17-5-2-10-22-17/h1-5,10-11,13,16H,6-9,12H2,(H,19,21). The lowest BCUT2D eigenvalue weighted by atomic mass is 9.84. The van der Waals surface area contributed by atoms with Gasteiger partial charge >= 0.3 is 0 Å². The molecular formula is C18H20N2OS. The number of carbonyl (C=O) groups excluding carboxylic acids is 1. The van der Waals surface area contributed by atoms with Gasteiger partial charge in [-0.05, 0) is 61.0 Å². The van der Waals surface area contributed by atoms with Crippen molar-refractivity contribution in [2.75, 3.05) is 19.6 Å². The van der Waals surface area contributed by atoms with Crippen LogP contribution >= 0.6 is 11.3 Å². The maximum absolute atomic E-state index is 12.6. The highest BCUT2D eigenvalue weighted by atomic mass is 32.1. The van der Waals surface area contributed by atoms with Crippen LogP contribution in [0.5, 0.6) is 0 Å². The summed E-state index contributed by atoms with van der Waals surface area (Å²) in [7, 11) is 0. The van der Waals surface area contributed by atoms with Crippen LogP contribution in [0, 0.1) is 5.92 Å². The summed E-state index contributed by atoms with van der Waals surface area (Å²) in [6.07, 6.45) is 2.44. The van der Waals surface area contributed by atoms with E-state index in [-0.39, 0.29) is 5.91 Å². The first-order valence-corrected chi connectivity index (χ1v) is 8.85. The van der Waals surface area contributed by atoms with E-state index in [1.807, 2.05) is 24.3 Å². The largest absolute Gasteiger partial charge is 0.348 e. The Kier molecular flexibility index (Phi) is 3.72. The molecule has 2 bridgehead atoms. The van der Waals surface area contributed by atoms with E-state index in [4.69, 9.17) is 0 Å². The van der Waals surface area contributed by atoms with Crippen LogP contribution in [0.2, 0.25) is 0 Å². The van der Waals surface area contributed by atoms with Gasteiger partial charge in [0, 0.05) is 23.0 Å². The summed E-state index contributed by atoms with van der Waals surface area (Å²) in [6.45, 7) is 3.41. The number of carbonyl (C=O) groups is 1. The highest BCUT2D eigenvalue weighted by Gasteiger charge is 2.34. The quantitative estimate of drug-likeness (QED) is 0.943. The van der Waals surface area contributed by atoms with Crippen LogP contribution in [0.15, 0.2) is 41.8 Å². The highest BCUT2D eigenvalue weighted by molar-refractivity contribution is 7.13. The van der Waals surface area contributed by atoms with Crippen LogP contribution < -0.4 is 5.32 Å². The van der Waals surface area contributed by atoms with Crippen molar-refractivity contribution in [2.45, 2.75) is 18.9 Å². The Morgan fingerprint density at radius 3 is 2.73 bits per heavy atom. The molecular weight excluding hydrogens is 292 g/mol. The Morgan fingerprint density at radius 2 is 2.05 bits per heavy atom. The van der Waals surface area contributed by atoms with Crippen LogP contribution in [-0.2, 0) is 0 Å². The molecule has 2 aromatic rings. The second kappa shape index (κ2) is 5.86. The van der Waals surface area contributed by atoms with E-state index in [1.165, 1.54) is 30.8 Å². The molecule has 1 aromatic heterocycles. The van der Waals surface area contributed by atoms with Crippen LogP contribution in [0.4, 0.5) is 0 Å². The SMILES string of the molecule is O=C(NC1CN2CCC1CC2)c1cccc(-c2cccs2)c1. The molecule has 1 unspecified atom stereocenters. The summed E-state index contributed by atoms with van der Waals surface area (Å²) in [5.74, 6) is 0.728. The van der Waals surface area contributed by atoms with E-state index in [2.05, 4.69) is 27.7 Å². The molecule has 3 saturated heterocycles. The van der Waals surface area contributed by atoms with Gasteiger partial charge in [0.15, 0.2) is 0 Å². The van der Waals surface area contributed by atoms with Gasteiger partial charge < -0.3 is 10.2 Å². The molecule has 1 N–H and O–H groups in total. The Bertz CT molecular complexity index is 659. The molecule has 1 amide bonds. The van der Waals surface area contributed by atoms with Gasteiger partial charge in [-0.3, -0.25) is 4.79 Å². The second-order valence-electron chi connectivity index (χ2n) is 6.28. The predicted octanol–water partition coefficient (Wildman–Crippen LogP) is 3.24. The lowest BCUT2D eigenvalue weighted by Gasteiger charge is -2.44. The maximum Gasteiger partial charge on any atom is 0.251 e. The van der Waals surface area contributed by atoms with Crippen molar-refractivity contribution in [3.63, 3.8) is 0 Å². The third-order valence-electron chi connectivity index (χ3n) is 4.90. The molecule has 0 radical (unpaired) electrons. The number of hydrogen-bond acceptors (Lipinski definition) is 3. The molecule has 0 spiro atoms. The molecule has 5 rings (SSSR count). The van der Waals surface area contributed by atoms with Crippen molar-refractivity contribution >= 4 is 17.2 Å². The van der Waals surface area contributed by atoms with Crippen molar-refractivity contribution in [1.82, 2.24) is 10.2 Å². The Morgan fingerprint density at radius 1 is 1.18 bits per heavy atom. The smallest absolute Gasteiger partial charge is 0.251 e. The van der Waals surface area contributed by atoms with E-state index in [1.54, 1.807) is 11.3 Å². The average Bonchev–Trinajstić information content (AvgIpc) is 3.11. The molecule has 3 aliphatic rings. The molecule has 114 valence electrons. The van der Waals surface area contributed by atoms with Crippen molar-refractivity contribution in [1.29, 1.82) is 0 Å². The second-order valence-corrected chi connectivity index (χ2v) is 7.22. The molecule has 3 fully saturated rings. The number of fused-ring (bicyclic) bond motifs is 3. The van der Waals surface area contributed by atoms with Crippen molar-refractivity contribution in [3.05, 3.63) is 47.3 Å². The Balaban J connectivity index is 1.50. The van der Waals surface area contributed by atoms with Gasteiger partial charge in [0.2, 0.25) is 0 Å². The zero-order valence-corrected chi connectivity index (χ0v) is 13.3. The minimum atomic E-state index is 0.0668. The number of thiophene rings is 1. The van der Waals surface area contributed by atoms with Crippen LogP contribution in [0.25, 0.3) is 10.4 Å². The van der Waals surface area contributed by atoms with Gasteiger partial charge in [0.1, 0.15) is 0 Å². The minimum absolute atomic E-state index is 0.0668. The molecule has 1 aromatic carbocycles. The van der Waals surface area contributed by atoms with E-state index < -0.39 is 0 Å². The van der Waals surface area contributed by atoms with Crippen LogP contribution in [0.3, 0.4) is 0 Å². The summed E-state index contributed by atoms with van der Waals surface area (Å²) in [5.41, 5.74) is 1.89. The fourth-order valence-corrected chi connectivity index (χ4v) is 4.36. The van der Waals surface area contributed by atoms with Gasteiger partial charge in [-0.25, -0.2) is 0 Å². The van der Waals surface area contributed by atoms with E-state index >= 15 is 0 Å². The molecule has 3 aliphatic heterocycles. The van der Waals surface area contributed by atoms with Gasteiger partial charge in [-0.15, -0.1) is 11.3 Å². The average molecular weight is 312 g/mol. The first-order chi connectivity index (χ1) is 10.8. The van der Waals surface area contributed by atoms with Crippen molar-refractivity contribution in [2.24, 2.45) is 5.92 Å².